The summed E-state index contributed by atoms with van der Waals surface area (Å²) in [4.78, 5) is 50.5. The van der Waals surface area contributed by atoms with Crippen molar-refractivity contribution >= 4 is 23.8 Å². The van der Waals surface area contributed by atoms with Crippen molar-refractivity contribution in [3.05, 3.63) is 35.9 Å². The van der Waals surface area contributed by atoms with Crippen LogP contribution in [0.4, 0.5) is 4.79 Å². The molecule has 0 aromatic heterocycles. The summed E-state index contributed by atoms with van der Waals surface area (Å²) in [5.41, 5.74) is 0.991. The maximum absolute atomic E-state index is 12.3. The molecule has 2 aliphatic heterocycles. The van der Waals surface area contributed by atoms with Crippen molar-refractivity contribution < 1.29 is 23.9 Å². The molecule has 1 aromatic carbocycles. The fourth-order valence-corrected chi connectivity index (χ4v) is 3.21. The average Bonchev–Trinajstić information content (AvgIpc) is 3.25. The quantitative estimate of drug-likeness (QED) is 0.781. The number of benzene rings is 1. The van der Waals surface area contributed by atoms with Crippen LogP contribution in [0.25, 0.3) is 0 Å². The molecule has 2 heterocycles. The van der Waals surface area contributed by atoms with E-state index in [1.165, 1.54) is 0 Å². The first-order chi connectivity index (χ1) is 12.5. The fourth-order valence-electron chi connectivity index (χ4n) is 3.21. The van der Waals surface area contributed by atoms with Gasteiger partial charge in [-0.2, -0.15) is 0 Å². The van der Waals surface area contributed by atoms with Crippen LogP contribution in [0.3, 0.4) is 0 Å². The summed E-state index contributed by atoms with van der Waals surface area (Å²) < 4.78 is 5.04. The summed E-state index contributed by atoms with van der Waals surface area (Å²) in [5.74, 6) is -1.87. The molecule has 0 radical (unpaired) electrons. The lowest BCUT2D eigenvalue weighted by molar-refractivity contribution is -0.154. The number of urea groups is 1. The first-order valence-electron chi connectivity index (χ1n) is 8.56. The molecular formula is C18H21N3O5. The Hall–Kier alpha value is -2.90. The van der Waals surface area contributed by atoms with Crippen molar-refractivity contribution in [1.82, 2.24) is 15.1 Å². The number of ether oxygens (including phenoxy) is 1. The van der Waals surface area contributed by atoms with Crippen molar-refractivity contribution in [3.63, 3.8) is 0 Å². The number of nitrogens with zero attached hydrogens (tertiary/aromatic N) is 2. The minimum Gasteiger partial charge on any atom is -0.455 e. The number of nitrogens with one attached hydrogen (secondary N) is 1. The van der Waals surface area contributed by atoms with Gasteiger partial charge in [0.1, 0.15) is 0 Å². The molecule has 2 fully saturated rings. The highest BCUT2D eigenvalue weighted by atomic mass is 16.5. The normalized spacial score (nSPS) is 20.9. The van der Waals surface area contributed by atoms with Gasteiger partial charge in [-0.15, -0.1) is 0 Å². The van der Waals surface area contributed by atoms with E-state index in [1.807, 2.05) is 37.3 Å². The lowest BCUT2D eigenvalue weighted by atomic mass is 10.1. The minimum atomic E-state index is -0.603. The van der Waals surface area contributed by atoms with Gasteiger partial charge in [0, 0.05) is 26.1 Å². The number of rotatable bonds is 5. The van der Waals surface area contributed by atoms with E-state index in [0.29, 0.717) is 6.54 Å². The summed E-state index contributed by atoms with van der Waals surface area (Å²) in [5, 5.41) is 2.51. The van der Waals surface area contributed by atoms with Crippen LogP contribution in [0.5, 0.6) is 0 Å². The lowest BCUT2D eigenvalue weighted by Gasteiger charge is -2.25. The molecule has 26 heavy (non-hydrogen) atoms. The molecule has 0 spiro atoms. The van der Waals surface area contributed by atoms with Gasteiger partial charge in [-0.1, -0.05) is 30.3 Å². The van der Waals surface area contributed by atoms with Crippen LogP contribution in [0.15, 0.2) is 30.3 Å². The highest BCUT2D eigenvalue weighted by molar-refractivity contribution is 5.97. The SMILES string of the molecule is C[C@@H](c1ccccc1)N1C[C@@H](C(=O)OCC(=O)N2CCNC2=O)CC1=O. The number of hydrogen-bond acceptors (Lipinski definition) is 5. The molecule has 8 nitrogen and oxygen atoms in total. The molecule has 8 heteroatoms. The maximum atomic E-state index is 12.3. The molecule has 0 aliphatic carbocycles. The zero-order chi connectivity index (χ0) is 18.7. The summed E-state index contributed by atoms with van der Waals surface area (Å²) in [6.07, 6.45) is 0.0639. The van der Waals surface area contributed by atoms with Crippen LogP contribution < -0.4 is 5.32 Å². The van der Waals surface area contributed by atoms with E-state index in [0.717, 1.165) is 10.5 Å². The Balaban J connectivity index is 1.54. The highest BCUT2D eigenvalue weighted by Crippen LogP contribution is 2.28. The molecule has 1 N–H and O–H groups in total. The topological polar surface area (TPSA) is 96.0 Å². The van der Waals surface area contributed by atoms with Crippen molar-refractivity contribution in [2.75, 3.05) is 26.2 Å². The number of esters is 1. The van der Waals surface area contributed by atoms with Crippen LogP contribution in [0.2, 0.25) is 0 Å². The van der Waals surface area contributed by atoms with Crippen molar-refractivity contribution in [3.8, 4) is 0 Å². The summed E-state index contributed by atoms with van der Waals surface area (Å²) in [6, 6.07) is 8.95. The number of carbonyl (C=O) groups excluding carboxylic acids is 4. The molecule has 1 aromatic rings. The number of carbonyl (C=O) groups is 4. The van der Waals surface area contributed by atoms with Crippen LogP contribution in [0.1, 0.15) is 24.9 Å². The Bertz CT molecular complexity index is 721. The zero-order valence-electron chi connectivity index (χ0n) is 14.5. The molecule has 0 bridgehead atoms. The van der Waals surface area contributed by atoms with Crippen molar-refractivity contribution in [1.29, 1.82) is 0 Å². The van der Waals surface area contributed by atoms with E-state index in [4.69, 9.17) is 4.74 Å². The van der Waals surface area contributed by atoms with Gasteiger partial charge in [-0.25, -0.2) is 4.79 Å². The maximum Gasteiger partial charge on any atom is 0.324 e. The summed E-state index contributed by atoms with van der Waals surface area (Å²) in [7, 11) is 0. The predicted molar refractivity (Wildman–Crippen MR) is 90.7 cm³/mol. The van der Waals surface area contributed by atoms with Crippen LogP contribution in [-0.2, 0) is 19.1 Å². The molecule has 0 unspecified atom stereocenters. The van der Waals surface area contributed by atoms with Crippen LogP contribution >= 0.6 is 0 Å². The zero-order valence-corrected chi connectivity index (χ0v) is 14.5. The number of amides is 4. The molecule has 2 aliphatic rings. The van der Waals surface area contributed by atoms with E-state index >= 15 is 0 Å². The molecule has 3 rings (SSSR count). The smallest absolute Gasteiger partial charge is 0.324 e. The molecule has 4 amide bonds. The Kier molecular flexibility index (Phi) is 5.20. The molecule has 138 valence electrons. The van der Waals surface area contributed by atoms with Crippen molar-refractivity contribution in [2.24, 2.45) is 5.92 Å². The third-order valence-corrected chi connectivity index (χ3v) is 4.74. The van der Waals surface area contributed by atoms with E-state index in [1.54, 1.807) is 4.90 Å². The summed E-state index contributed by atoms with van der Waals surface area (Å²) >= 11 is 0. The van der Waals surface area contributed by atoms with E-state index < -0.39 is 30.4 Å². The van der Waals surface area contributed by atoms with Gasteiger partial charge in [0.15, 0.2) is 6.61 Å². The monoisotopic (exact) mass is 359 g/mol. The molecule has 2 saturated heterocycles. The second-order valence-corrected chi connectivity index (χ2v) is 6.42. The Morgan fingerprint density at radius 2 is 2.00 bits per heavy atom. The third kappa shape index (κ3) is 3.68. The lowest BCUT2D eigenvalue weighted by Crippen LogP contribution is -2.38. The minimum absolute atomic E-state index is 0.0639. The van der Waals surface area contributed by atoms with E-state index in [9.17, 15) is 19.2 Å². The Morgan fingerprint density at radius 3 is 2.65 bits per heavy atom. The van der Waals surface area contributed by atoms with Gasteiger partial charge >= 0.3 is 12.0 Å². The highest BCUT2D eigenvalue weighted by Gasteiger charge is 2.38. The van der Waals surface area contributed by atoms with Crippen LogP contribution in [-0.4, -0.2) is 59.9 Å². The largest absolute Gasteiger partial charge is 0.455 e. The number of imide groups is 1. The van der Waals surface area contributed by atoms with E-state index in [-0.39, 0.29) is 31.5 Å². The van der Waals surface area contributed by atoms with Gasteiger partial charge in [0.05, 0.1) is 12.0 Å². The van der Waals surface area contributed by atoms with E-state index in [2.05, 4.69) is 5.32 Å². The second kappa shape index (κ2) is 7.55. The van der Waals surface area contributed by atoms with Crippen LogP contribution in [0, 0.1) is 5.92 Å². The standard InChI is InChI=1S/C18H21N3O5/c1-12(13-5-3-2-4-6-13)21-10-14(9-15(21)22)17(24)26-11-16(23)20-8-7-19-18(20)25/h2-6,12,14H,7-11H2,1H3,(H,19,25)/t12-,14-/m0/s1. The Labute approximate surface area is 151 Å². The van der Waals surface area contributed by atoms with Gasteiger partial charge < -0.3 is 15.0 Å². The molecule has 0 saturated carbocycles. The summed E-state index contributed by atoms with van der Waals surface area (Å²) in [6.45, 7) is 2.33. The first-order valence-corrected chi connectivity index (χ1v) is 8.56. The predicted octanol–water partition coefficient (Wildman–Crippen LogP) is 0.691. The Morgan fingerprint density at radius 1 is 1.27 bits per heavy atom. The average molecular weight is 359 g/mol. The number of hydrogen-bond donors (Lipinski definition) is 1. The molecule has 2 atom stereocenters. The number of likely N-dealkylation sites (tertiary alicyclic amines) is 1. The van der Waals surface area contributed by atoms with Gasteiger partial charge in [-0.05, 0) is 12.5 Å². The van der Waals surface area contributed by atoms with Gasteiger partial charge in [0.25, 0.3) is 5.91 Å². The fraction of sp³-hybridized carbons (Fsp3) is 0.444. The third-order valence-electron chi connectivity index (χ3n) is 4.74. The molecular weight excluding hydrogens is 338 g/mol. The van der Waals surface area contributed by atoms with Gasteiger partial charge in [-0.3, -0.25) is 19.3 Å². The second-order valence-electron chi connectivity index (χ2n) is 6.42. The van der Waals surface area contributed by atoms with Gasteiger partial charge in [0.2, 0.25) is 5.91 Å². The first kappa shape index (κ1) is 17.9. The van der Waals surface area contributed by atoms with Crippen molar-refractivity contribution in [2.45, 2.75) is 19.4 Å².